The van der Waals surface area contributed by atoms with Crippen molar-refractivity contribution < 1.29 is 63.4 Å². The van der Waals surface area contributed by atoms with E-state index in [1.54, 1.807) is 0 Å². The predicted molar refractivity (Wildman–Crippen MR) is 135 cm³/mol. The first kappa shape index (κ1) is 39.2. The van der Waals surface area contributed by atoms with E-state index >= 15 is 0 Å². The van der Waals surface area contributed by atoms with Crippen LogP contribution in [0.5, 0.6) is 0 Å². The number of halogens is 2. The van der Waals surface area contributed by atoms with Gasteiger partial charge in [-0.15, -0.1) is 0 Å². The number of nitrogens with zero attached hydrogens (tertiary/aromatic N) is 2. The summed E-state index contributed by atoms with van der Waals surface area (Å²) in [5.74, 6) is 0. The fourth-order valence-electron chi connectivity index (χ4n) is 5.07. The van der Waals surface area contributed by atoms with Crippen molar-refractivity contribution in [2.75, 3.05) is 78.8 Å². The minimum Gasteiger partial charge on any atom is -1.00 e. The third kappa shape index (κ3) is 18.9. The smallest absolute Gasteiger partial charge is 0.129 e. The molecule has 8 heteroatoms. The van der Waals surface area contributed by atoms with E-state index in [1.165, 1.54) is 64.2 Å². The summed E-state index contributed by atoms with van der Waals surface area (Å²) in [6.07, 6.45) is 14.9. The van der Waals surface area contributed by atoms with Crippen LogP contribution in [-0.2, 0) is 0 Å². The summed E-state index contributed by atoms with van der Waals surface area (Å²) < 4.78 is 1.49. The Morgan fingerprint density at radius 2 is 0.618 bits per heavy atom. The van der Waals surface area contributed by atoms with Crippen molar-refractivity contribution >= 4 is 0 Å². The fourth-order valence-corrected chi connectivity index (χ4v) is 5.07. The zero-order valence-electron chi connectivity index (χ0n) is 22.4. The number of aliphatic hydroxyl groups excluding tert-OH is 4. The van der Waals surface area contributed by atoms with Gasteiger partial charge in [-0.2, -0.15) is 0 Å². The van der Waals surface area contributed by atoms with Gasteiger partial charge in [-0.3, -0.25) is 0 Å². The van der Waals surface area contributed by atoms with Crippen molar-refractivity contribution in [3.63, 3.8) is 0 Å². The topological polar surface area (TPSA) is 80.9 Å². The second-order valence-electron chi connectivity index (χ2n) is 9.90. The van der Waals surface area contributed by atoms with E-state index in [1.807, 2.05) is 0 Å². The Hall–Kier alpha value is 0.720. The molecule has 0 aromatic carbocycles. The Kier molecular flexibility index (Phi) is 30.9. The van der Waals surface area contributed by atoms with Crippen LogP contribution in [0.4, 0.5) is 0 Å². The Labute approximate surface area is 232 Å². The Balaban J connectivity index is -0.00000480. The third-order valence-electron chi connectivity index (χ3n) is 7.32. The summed E-state index contributed by atoms with van der Waals surface area (Å²) >= 11 is 0. The van der Waals surface area contributed by atoms with Crippen LogP contribution in [0.25, 0.3) is 0 Å². The molecule has 0 bridgehead atoms. The molecule has 0 atom stereocenters. The van der Waals surface area contributed by atoms with Gasteiger partial charge in [-0.05, 0) is 25.7 Å². The minimum atomic E-state index is 0. The lowest BCUT2D eigenvalue weighted by atomic mass is 10.1. The van der Waals surface area contributed by atoms with Crippen LogP contribution < -0.4 is 34.0 Å². The molecular weight excluding hydrogens is 564 g/mol. The molecule has 0 amide bonds. The van der Waals surface area contributed by atoms with Gasteiger partial charge in [0.1, 0.15) is 39.3 Å². The molecule has 0 fully saturated rings. The number of aliphatic hydroxyl groups is 4. The molecular formula is C26H58Br2N2O4. The summed E-state index contributed by atoms with van der Waals surface area (Å²) in [4.78, 5) is 0. The number of hydrogen-bond donors (Lipinski definition) is 4. The zero-order valence-corrected chi connectivity index (χ0v) is 25.6. The fraction of sp³-hybridized carbons (Fsp3) is 1.00. The van der Waals surface area contributed by atoms with E-state index in [0.29, 0.717) is 26.2 Å². The average molecular weight is 623 g/mol. The van der Waals surface area contributed by atoms with E-state index in [-0.39, 0.29) is 60.4 Å². The second-order valence-corrected chi connectivity index (χ2v) is 9.90. The van der Waals surface area contributed by atoms with Gasteiger partial charge < -0.3 is 63.4 Å². The van der Waals surface area contributed by atoms with Gasteiger partial charge in [0.2, 0.25) is 0 Å². The van der Waals surface area contributed by atoms with Crippen LogP contribution in [-0.4, -0.2) is 108 Å². The molecule has 0 aromatic rings. The van der Waals surface area contributed by atoms with E-state index in [0.717, 1.165) is 48.0 Å². The summed E-state index contributed by atoms with van der Waals surface area (Å²) in [7, 11) is 0. The summed E-state index contributed by atoms with van der Waals surface area (Å²) in [6.45, 7) is 11.4. The summed E-state index contributed by atoms with van der Waals surface area (Å²) in [5.41, 5.74) is 0. The molecule has 0 saturated carbocycles. The Morgan fingerprint density at radius 1 is 0.353 bits per heavy atom. The van der Waals surface area contributed by atoms with Crippen LogP contribution in [0.15, 0.2) is 0 Å². The zero-order chi connectivity index (χ0) is 24.0. The molecule has 4 N–H and O–H groups in total. The molecule has 0 aliphatic carbocycles. The van der Waals surface area contributed by atoms with Gasteiger partial charge >= 0.3 is 0 Å². The molecule has 0 radical (unpaired) electrons. The predicted octanol–water partition coefficient (Wildman–Crippen LogP) is -2.68. The summed E-state index contributed by atoms with van der Waals surface area (Å²) in [6, 6.07) is 0. The van der Waals surface area contributed by atoms with Crippen molar-refractivity contribution in [1.29, 1.82) is 0 Å². The number of quaternary nitrogens is 2. The number of rotatable bonds is 25. The molecule has 0 aromatic heterocycles. The van der Waals surface area contributed by atoms with Crippen molar-refractivity contribution in [3.05, 3.63) is 0 Å². The molecule has 0 spiro atoms. The molecule has 0 aliphatic rings. The van der Waals surface area contributed by atoms with Crippen molar-refractivity contribution in [2.24, 2.45) is 0 Å². The monoisotopic (exact) mass is 620 g/mol. The largest absolute Gasteiger partial charge is 1.00 e. The van der Waals surface area contributed by atoms with Gasteiger partial charge in [0.25, 0.3) is 0 Å². The molecule has 0 saturated heterocycles. The lowest BCUT2D eigenvalue weighted by Gasteiger charge is -2.43. The van der Waals surface area contributed by atoms with Crippen molar-refractivity contribution in [1.82, 2.24) is 0 Å². The highest BCUT2D eigenvalue weighted by Crippen LogP contribution is 2.17. The molecule has 0 heterocycles. The van der Waals surface area contributed by atoms with Crippen LogP contribution in [0.1, 0.15) is 90.9 Å². The highest BCUT2D eigenvalue weighted by atomic mass is 79.9. The van der Waals surface area contributed by atoms with Gasteiger partial charge in [-0.25, -0.2) is 0 Å². The lowest BCUT2D eigenvalue weighted by Crippen LogP contribution is -3.00. The van der Waals surface area contributed by atoms with E-state index in [2.05, 4.69) is 13.8 Å². The third-order valence-corrected chi connectivity index (χ3v) is 7.32. The highest BCUT2D eigenvalue weighted by molar-refractivity contribution is 4.54. The van der Waals surface area contributed by atoms with Crippen LogP contribution in [0.3, 0.4) is 0 Å². The normalized spacial score (nSPS) is 11.8. The lowest BCUT2D eigenvalue weighted by molar-refractivity contribution is -0.981. The molecule has 0 unspecified atom stereocenters. The minimum absolute atomic E-state index is 0. The first-order valence-corrected chi connectivity index (χ1v) is 13.7. The number of hydrogen-bond acceptors (Lipinski definition) is 4. The number of unbranched alkanes of at least 4 members (excludes halogenated alkanes) is 10. The Morgan fingerprint density at radius 3 is 0.882 bits per heavy atom. The SMILES string of the molecule is CCCCCCCC[N+](CCO)(CCO)CC[N+](CCO)(CCO)CCCCCCCC.[Br-].[Br-]. The second kappa shape index (κ2) is 26.8. The maximum Gasteiger partial charge on any atom is 0.129 e. The maximum atomic E-state index is 9.80. The maximum absolute atomic E-state index is 9.80. The van der Waals surface area contributed by atoms with E-state index in [9.17, 15) is 20.4 Å². The van der Waals surface area contributed by atoms with Crippen molar-refractivity contribution in [2.45, 2.75) is 90.9 Å². The van der Waals surface area contributed by atoms with Gasteiger partial charge in [0.15, 0.2) is 0 Å². The van der Waals surface area contributed by atoms with Crippen LogP contribution in [0, 0.1) is 0 Å². The standard InChI is InChI=1S/C26H58N2O4.2BrH/c1-3-5-7-9-11-13-15-27(19-23-29,20-24-30)17-18-28(21-25-31,22-26-32)16-14-12-10-8-6-4-2;;/h29-32H,3-26H2,1-2H3;2*1H/q+2;;/p-2. The quantitative estimate of drug-likeness (QED) is 0.0662. The van der Waals surface area contributed by atoms with Gasteiger partial charge in [0, 0.05) is 0 Å². The molecule has 34 heavy (non-hydrogen) atoms. The molecule has 6 nitrogen and oxygen atoms in total. The highest BCUT2D eigenvalue weighted by Gasteiger charge is 2.33. The Bertz CT molecular complexity index is 359. The van der Waals surface area contributed by atoms with Gasteiger partial charge in [0.05, 0.1) is 39.5 Å². The van der Waals surface area contributed by atoms with Crippen LogP contribution >= 0.6 is 0 Å². The first-order chi connectivity index (χ1) is 15.6. The molecule has 210 valence electrons. The van der Waals surface area contributed by atoms with E-state index < -0.39 is 0 Å². The summed E-state index contributed by atoms with van der Waals surface area (Å²) in [5, 5.41) is 39.2. The van der Waals surface area contributed by atoms with Crippen molar-refractivity contribution in [3.8, 4) is 0 Å². The first-order valence-electron chi connectivity index (χ1n) is 13.7. The molecule has 0 rings (SSSR count). The van der Waals surface area contributed by atoms with E-state index in [4.69, 9.17) is 0 Å². The average Bonchev–Trinajstić information content (AvgIpc) is 2.78. The van der Waals surface area contributed by atoms with Crippen LogP contribution in [0.2, 0.25) is 0 Å². The molecule has 0 aliphatic heterocycles. The van der Waals surface area contributed by atoms with Gasteiger partial charge in [-0.1, -0.05) is 65.2 Å².